The first-order chi connectivity index (χ1) is 2.89. The van der Waals surface area contributed by atoms with Crippen molar-refractivity contribution in [3.05, 3.63) is 0 Å². The molecule has 1 rings (SSSR count). The summed E-state index contributed by atoms with van der Waals surface area (Å²) in [5.74, 6) is 2.79. The highest BCUT2D eigenvalue weighted by Crippen LogP contribution is 2.62. The van der Waals surface area contributed by atoms with Gasteiger partial charge in [0.15, 0.2) is 0 Å². The monoisotopic (exact) mass is 138 g/mol. The molecule has 0 aromatic carbocycles. The summed E-state index contributed by atoms with van der Waals surface area (Å²) in [6.07, 6.45) is 0.368. The van der Waals surface area contributed by atoms with E-state index >= 15 is 0 Å². The molecule has 0 spiro atoms. The van der Waals surface area contributed by atoms with Crippen LogP contribution in [0.15, 0.2) is 0 Å². The molecule has 6 heavy (non-hydrogen) atoms. The minimum Gasteiger partial charge on any atom is -0.122 e. The first-order valence-corrected chi connectivity index (χ1v) is 6.86. The van der Waals surface area contributed by atoms with E-state index in [9.17, 15) is 0 Å². The second kappa shape index (κ2) is 2.44. The summed E-state index contributed by atoms with van der Waals surface area (Å²) in [4.78, 5) is 0. The van der Waals surface area contributed by atoms with Crippen LogP contribution in [0.5, 0.6) is 0 Å². The largest absolute Gasteiger partial charge is 0.122 e. The van der Waals surface area contributed by atoms with E-state index in [4.69, 9.17) is 0 Å². The van der Waals surface area contributed by atoms with E-state index in [1.165, 1.54) is 11.5 Å². The second-order valence-electron chi connectivity index (χ2n) is 1.11. The smallest absolute Gasteiger partial charge is 0.00910 e. The molecule has 0 atom stereocenters. The van der Waals surface area contributed by atoms with Gasteiger partial charge in [-0.3, -0.25) is 0 Å². The van der Waals surface area contributed by atoms with Crippen LogP contribution in [0.25, 0.3) is 0 Å². The molecule has 0 bridgehead atoms. The predicted octanol–water partition coefficient (Wildman–Crippen LogP) is 2.41. The second-order valence-corrected chi connectivity index (χ2v) is 8.85. The van der Waals surface area contributed by atoms with Gasteiger partial charge in [0.25, 0.3) is 0 Å². The highest BCUT2D eigenvalue weighted by molar-refractivity contribution is 8.89. The summed E-state index contributed by atoms with van der Waals surface area (Å²) >= 11 is 4.25. The van der Waals surface area contributed by atoms with Crippen molar-refractivity contribution in [3.63, 3.8) is 0 Å². The summed E-state index contributed by atoms with van der Waals surface area (Å²) in [5.41, 5.74) is 0. The van der Waals surface area contributed by atoms with Gasteiger partial charge in [-0.05, 0) is 6.66 Å². The van der Waals surface area contributed by atoms with Crippen molar-refractivity contribution in [1.82, 2.24) is 0 Å². The molecule has 36 valence electrons. The zero-order valence-corrected chi connectivity index (χ0v) is 6.21. The first-order valence-electron chi connectivity index (χ1n) is 1.89. The molecule has 0 aromatic heterocycles. The lowest BCUT2D eigenvalue weighted by atomic mass is 11.0. The number of rotatable bonds is 0. The van der Waals surface area contributed by atoms with Gasteiger partial charge in [0.1, 0.15) is 0 Å². The Hall–Kier alpha value is 1.13. The Balaban J connectivity index is 2.18. The van der Waals surface area contributed by atoms with Crippen LogP contribution in [0.1, 0.15) is 0 Å². The fraction of sp³-hybridized carbons (Fsp3) is 1.00. The van der Waals surface area contributed by atoms with Gasteiger partial charge >= 0.3 is 0 Å². The molecule has 0 nitrogen and oxygen atoms in total. The van der Waals surface area contributed by atoms with Gasteiger partial charge in [-0.25, -0.2) is 0 Å². The molecule has 1 fully saturated rings. The highest BCUT2D eigenvalue weighted by Gasteiger charge is 2.08. The van der Waals surface area contributed by atoms with Crippen LogP contribution in [0.2, 0.25) is 0 Å². The van der Waals surface area contributed by atoms with Crippen LogP contribution in [0.4, 0.5) is 0 Å². The zero-order valence-electron chi connectivity index (χ0n) is 3.68. The number of hydrogen-bond donors (Lipinski definition) is 0. The van der Waals surface area contributed by atoms with Crippen LogP contribution in [0.3, 0.4) is 0 Å². The van der Waals surface area contributed by atoms with E-state index in [1.807, 2.05) is 0 Å². The molecule has 0 amide bonds. The zero-order chi connectivity index (χ0) is 4.41. The van der Waals surface area contributed by atoms with E-state index in [0.717, 1.165) is 0 Å². The molecular formula is C3H7PS2. The average Bonchev–Trinajstić information content (AvgIpc) is 1.86. The van der Waals surface area contributed by atoms with Gasteiger partial charge in [-0.1, -0.05) is 0 Å². The third-order valence-corrected chi connectivity index (χ3v) is 7.56. The van der Waals surface area contributed by atoms with Crippen LogP contribution < -0.4 is 0 Å². The van der Waals surface area contributed by atoms with Crippen molar-refractivity contribution in [2.75, 3.05) is 18.2 Å². The first kappa shape index (κ1) is 5.27. The Labute approximate surface area is 47.7 Å². The fourth-order valence-corrected chi connectivity index (χ4v) is 6.67. The van der Waals surface area contributed by atoms with Crippen molar-refractivity contribution in [1.29, 1.82) is 0 Å². The molecule has 3 heteroatoms. The maximum Gasteiger partial charge on any atom is 0.00910 e. The van der Waals surface area contributed by atoms with Crippen LogP contribution in [-0.4, -0.2) is 18.2 Å². The molecule has 0 aromatic rings. The molecule has 0 N–H and O–H groups in total. The highest BCUT2D eigenvalue weighted by atomic mass is 33.1. The maximum absolute atomic E-state index is 2.33. The van der Waals surface area contributed by atoms with Crippen molar-refractivity contribution in [3.8, 4) is 0 Å². The summed E-state index contributed by atoms with van der Waals surface area (Å²) in [6.45, 7) is 2.33. The Morgan fingerprint density at radius 2 is 1.83 bits per heavy atom. The quantitative estimate of drug-likeness (QED) is 0.471. The molecule has 1 saturated heterocycles. The van der Waals surface area contributed by atoms with Crippen LogP contribution in [-0.2, 0) is 0 Å². The normalized spacial score (nSPS) is 25.5. The maximum atomic E-state index is 2.33. The third-order valence-electron chi connectivity index (χ3n) is 0.630. The molecule has 0 unspecified atom stereocenters. The molecule has 1 aliphatic heterocycles. The van der Waals surface area contributed by atoms with E-state index in [1.54, 1.807) is 0 Å². The summed E-state index contributed by atoms with van der Waals surface area (Å²) in [6, 6.07) is 0. The van der Waals surface area contributed by atoms with Gasteiger partial charge in [0.05, 0.1) is 0 Å². The molecule has 0 radical (unpaired) electrons. The van der Waals surface area contributed by atoms with E-state index < -0.39 is 0 Å². The van der Waals surface area contributed by atoms with E-state index in [0.29, 0.717) is 6.33 Å². The van der Waals surface area contributed by atoms with Crippen molar-refractivity contribution >= 4 is 29.1 Å². The molecule has 0 aliphatic carbocycles. The SMILES string of the molecule is CP1SCCS1. The Bertz CT molecular complexity index is 42.1. The topological polar surface area (TPSA) is 0 Å². The summed E-state index contributed by atoms with van der Waals surface area (Å²) < 4.78 is 0. The Kier molecular flexibility index (Phi) is 2.14. The van der Waals surface area contributed by atoms with Crippen LogP contribution in [0, 0.1) is 0 Å². The minimum absolute atomic E-state index is 0.368. The van der Waals surface area contributed by atoms with Gasteiger partial charge in [0, 0.05) is 17.8 Å². The van der Waals surface area contributed by atoms with Crippen molar-refractivity contribution in [2.24, 2.45) is 0 Å². The Morgan fingerprint density at radius 1 is 1.33 bits per heavy atom. The number of hydrogen-bond acceptors (Lipinski definition) is 2. The van der Waals surface area contributed by atoms with Gasteiger partial charge in [-0.2, -0.15) is 0 Å². The van der Waals surface area contributed by atoms with Crippen LogP contribution >= 0.6 is 29.1 Å². The molecular weight excluding hydrogens is 131 g/mol. The lowest BCUT2D eigenvalue weighted by molar-refractivity contribution is 1.59. The average molecular weight is 138 g/mol. The van der Waals surface area contributed by atoms with Gasteiger partial charge in [0.2, 0.25) is 0 Å². The fourth-order valence-electron chi connectivity index (χ4n) is 0.369. The van der Waals surface area contributed by atoms with Crippen molar-refractivity contribution < 1.29 is 0 Å². The lowest BCUT2D eigenvalue weighted by Gasteiger charge is -1.91. The van der Waals surface area contributed by atoms with Gasteiger partial charge < -0.3 is 0 Å². The molecule has 1 heterocycles. The Morgan fingerprint density at radius 3 is 2.00 bits per heavy atom. The molecule has 1 aliphatic rings. The third kappa shape index (κ3) is 1.32. The van der Waals surface area contributed by atoms with E-state index in [2.05, 4.69) is 29.4 Å². The minimum atomic E-state index is 0.368. The molecule has 0 saturated carbocycles. The standard InChI is InChI=1S/C3H7PS2/c1-4-5-2-3-6-4/h2-3H2,1H3. The lowest BCUT2D eigenvalue weighted by Crippen LogP contribution is -1.64. The van der Waals surface area contributed by atoms with Crippen molar-refractivity contribution in [2.45, 2.75) is 0 Å². The van der Waals surface area contributed by atoms with E-state index in [-0.39, 0.29) is 0 Å². The van der Waals surface area contributed by atoms with Gasteiger partial charge in [-0.15, -0.1) is 22.8 Å². The predicted molar refractivity (Wildman–Crippen MR) is 37.8 cm³/mol. The summed E-state index contributed by atoms with van der Waals surface area (Å²) in [7, 11) is 0. The summed E-state index contributed by atoms with van der Waals surface area (Å²) in [5, 5.41) is 0.